The van der Waals surface area contributed by atoms with Crippen LogP contribution in [0.25, 0.3) is 11.1 Å². The van der Waals surface area contributed by atoms with Crippen molar-refractivity contribution in [3.8, 4) is 0 Å². The Kier molecular flexibility index (Phi) is 4.11. The van der Waals surface area contributed by atoms with Crippen LogP contribution in [0.15, 0.2) is 45.6 Å². The third-order valence-corrected chi connectivity index (χ3v) is 3.89. The monoisotopic (exact) mass is 302 g/mol. The number of para-hydroxylation sites is 2. The van der Waals surface area contributed by atoms with Crippen molar-refractivity contribution in [3.05, 3.63) is 47.0 Å². The molecular formula is C16H18N2O4. The number of carbonyl (C=O) groups excluding carboxylic acids is 1. The zero-order valence-corrected chi connectivity index (χ0v) is 12.1. The average molecular weight is 302 g/mol. The summed E-state index contributed by atoms with van der Waals surface area (Å²) in [6.07, 6.45) is 4.74. The maximum atomic E-state index is 12.0. The molecule has 3 rings (SSSR count). The van der Waals surface area contributed by atoms with E-state index in [1.54, 1.807) is 18.2 Å². The Morgan fingerprint density at radius 1 is 1.36 bits per heavy atom. The van der Waals surface area contributed by atoms with Gasteiger partial charge in [-0.2, -0.15) is 0 Å². The van der Waals surface area contributed by atoms with Gasteiger partial charge in [0.15, 0.2) is 5.58 Å². The van der Waals surface area contributed by atoms with E-state index in [-0.39, 0.29) is 37.4 Å². The van der Waals surface area contributed by atoms with Crippen LogP contribution in [0.4, 0.5) is 0 Å². The predicted molar refractivity (Wildman–Crippen MR) is 81.4 cm³/mol. The first-order chi connectivity index (χ1) is 10.7. The minimum Gasteiger partial charge on any atom is -0.408 e. The number of fused-ring (bicyclic) bond motifs is 1. The maximum absolute atomic E-state index is 12.0. The molecule has 1 aliphatic rings. The fourth-order valence-electron chi connectivity index (χ4n) is 2.73. The van der Waals surface area contributed by atoms with Gasteiger partial charge >= 0.3 is 5.76 Å². The van der Waals surface area contributed by atoms with Crippen LogP contribution >= 0.6 is 0 Å². The molecule has 0 spiro atoms. The molecule has 1 amide bonds. The van der Waals surface area contributed by atoms with Crippen LogP contribution in [0.3, 0.4) is 0 Å². The Hall–Kier alpha value is -2.34. The summed E-state index contributed by atoms with van der Waals surface area (Å²) in [6, 6.07) is 7.11. The Morgan fingerprint density at radius 3 is 2.95 bits per heavy atom. The number of carbonyl (C=O) groups is 1. The van der Waals surface area contributed by atoms with Crippen LogP contribution in [-0.4, -0.2) is 28.2 Å². The Labute approximate surface area is 127 Å². The molecule has 0 fully saturated rings. The number of nitrogens with zero attached hydrogens (tertiary/aromatic N) is 1. The van der Waals surface area contributed by atoms with Crippen molar-refractivity contribution in [3.63, 3.8) is 0 Å². The Bertz CT molecular complexity index is 759. The summed E-state index contributed by atoms with van der Waals surface area (Å²) >= 11 is 0. The van der Waals surface area contributed by atoms with Crippen LogP contribution in [0.5, 0.6) is 0 Å². The van der Waals surface area contributed by atoms with E-state index in [9.17, 15) is 9.59 Å². The third kappa shape index (κ3) is 2.96. The van der Waals surface area contributed by atoms with Crippen molar-refractivity contribution in [1.29, 1.82) is 0 Å². The molecule has 6 nitrogen and oxygen atoms in total. The van der Waals surface area contributed by atoms with Gasteiger partial charge in [-0.3, -0.25) is 9.36 Å². The summed E-state index contributed by atoms with van der Waals surface area (Å²) < 4.78 is 6.60. The van der Waals surface area contributed by atoms with Gasteiger partial charge in [-0.05, 0) is 18.6 Å². The number of aliphatic hydroxyl groups is 1. The van der Waals surface area contributed by atoms with Crippen molar-refractivity contribution < 1.29 is 14.3 Å². The van der Waals surface area contributed by atoms with E-state index < -0.39 is 5.76 Å². The molecule has 0 saturated heterocycles. The summed E-state index contributed by atoms with van der Waals surface area (Å²) in [5.41, 5.74) is 1.22. The molecule has 0 unspecified atom stereocenters. The van der Waals surface area contributed by atoms with Gasteiger partial charge in [-0.15, -0.1) is 0 Å². The number of hydrogen-bond donors (Lipinski definition) is 2. The lowest BCUT2D eigenvalue weighted by Gasteiger charge is -2.12. The molecule has 0 aliphatic heterocycles. The fourth-order valence-corrected chi connectivity index (χ4v) is 2.73. The molecule has 2 N–H and O–H groups in total. The van der Waals surface area contributed by atoms with Crippen molar-refractivity contribution in [2.75, 3.05) is 6.61 Å². The lowest BCUT2D eigenvalue weighted by Crippen LogP contribution is -2.34. The molecule has 116 valence electrons. The number of benzene rings is 1. The van der Waals surface area contributed by atoms with Gasteiger partial charge in [-0.25, -0.2) is 4.79 Å². The molecule has 1 aliphatic carbocycles. The second-order valence-electron chi connectivity index (χ2n) is 5.47. The standard InChI is InChI=1S/C16H18N2O4/c19-10-11-5-6-12(9-11)17-15(20)7-8-18-13-3-1-2-4-14(13)22-16(18)21/h1-6,11-12,19H,7-10H2,(H,17,20)/t11-,12+/m0/s1. The highest BCUT2D eigenvalue weighted by molar-refractivity contribution is 5.77. The second-order valence-corrected chi connectivity index (χ2v) is 5.47. The zero-order chi connectivity index (χ0) is 15.5. The number of aromatic nitrogens is 1. The number of hydrogen-bond acceptors (Lipinski definition) is 4. The van der Waals surface area contributed by atoms with E-state index in [0.29, 0.717) is 11.1 Å². The van der Waals surface area contributed by atoms with E-state index in [1.165, 1.54) is 4.57 Å². The molecule has 0 bridgehead atoms. The molecule has 2 atom stereocenters. The third-order valence-electron chi connectivity index (χ3n) is 3.89. The molecular weight excluding hydrogens is 284 g/mol. The first-order valence-electron chi connectivity index (χ1n) is 7.34. The number of oxazole rings is 1. The minimum atomic E-state index is -0.449. The second kappa shape index (κ2) is 6.19. The summed E-state index contributed by atoms with van der Waals surface area (Å²) in [7, 11) is 0. The van der Waals surface area contributed by atoms with Gasteiger partial charge in [0.05, 0.1) is 5.52 Å². The van der Waals surface area contributed by atoms with Gasteiger partial charge in [0.2, 0.25) is 5.91 Å². The number of amides is 1. The topological polar surface area (TPSA) is 84.5 Å². The minimum absolute atomic E-state index is 0.0394. The first kappa shape index (κ1) is 14.6. The molecule has 1 aromatic carbocycles. The van der Waals surface area contributed by atoms with Crippen molar-refractivity contribution in [2.45, 2.75) is 25.4 Å². The lowest BCUT2D eigenvalue weighted by atomic mass is 10.1. The average Bonchev–Trinajstić information content (AvgIpc) is 3.08. The normalized spacial score (nSPS) is 20.6. The molecule has 1 heterocycles. The van der Waals surface area contributed by atoms with Crippen LogP contribution in [0.2, 0.25) is 0 Å². The van der Waals surface area contributed by atoms with E-state index >= 15 is 0 Å². The maximum Gasteiger partial charge on any atom is 0.419 e. The van der Waals surface area contributed by atoms with Crippen molar-refractivity contribution in [2.24, 2.45) is 5.92 Å². The highest BCUT2D eigenvalue weighted by Gasteiger charge is 2.19. The zero-order valence-electron chi connectivity index (χ0n) is 12.1. The van der Waals surface area contributed by atoms with Gasteiger partial charge < -0.3 is 14.8 Å². The van der Waals surface area contributed by atoms with Crippen molar-refractivity contribution in [1.82, 2.24) is 9.88 Å². The van der Waals surface area contributed by atoms with Gasteiger partial charge in [0, 0.05) is 31.5 Å². The van der Waals surface area contributed by atoms with Gasteiger partial charge in [0.25, 0.3) is 0 Å². The summed E-state index contributed by atoms with van der Waals surface area (Å²) in [6.45, 7) is 0.376. The molecule has 22 heavy (non-hydrogen) atoms. The molecule has 2 aromatic rings. The van der Waals surface area contributed by atoms with Gasteiger partial charge in [0.1, 0.15) is 0 Å². The molecule has 1 aromatic heterocycles. The highest BCUT2D eigenvalue weighted by atomic mass is 16.4. The number of aryl methyl sites for hydroxylation is 1. The van der Waals surface area contributed by atoms with Gasteiger partial charge in [-0.1, -0.05) is 24.3 Å². The Balaban J connectivity index is 1.60. The quantitative estimate of drug-likeness (QED) is 0.808. The molecule has 6 heteroatoms. The van der Waals surface area contributed by atoms with E-state index in [0.717, 1.165) is 6.42 Å². The summed E-state index contributed by atoms with van der Waals surface area (Å²) in [4.78, 5) is 23.8. The number of aliphatic hydroxyl groups excluding tert-OH is 1. The Morgan fingerprint density at radius 2 is 2.18 bits per heavy atom. The number of rotatable bonds is 5. The van der Waals surface area contributed by atoms with Crippen molar-refractivity contribution >= 4 is 17.0 Å². The predicted octanol–water partition coefficient (Wildman–Crippen LogP) is 1.04. The van der Waals surface area contributed by atoms with Crippen LogP contribution in [0.1, 0.15) is 12.8 Å². The first-order valence-corrected chi connectivity index (χ1v) is 7.34. The summed E-state index contributed by atoms with van der Waals surface area (Å²) in [5.74, 6) is -0.453. The number of nitrogens with one attached hydrogen (secondary N) is 1. The SMILES string of the molecule is O=C(CCn1c(=O)oc2ccccc21)N[C@@H]1C=C[C@H](CO)C1. The summed E-state index contributed by atoms with van der Waals surface area (Å²) in [5, 5.41) is 12.0. The smallest absolute Gasteiger partial charge is 0.408 e. The van der Waals surface area contributed by atoms with E-state index in [4.69, 9.17) is 9.52 Å². The van der Waals surface area contributed by atoms with Crippen LogP contribution in [0, 0.1) is 5.92 Å². The highest BCUT2D eigenvalue weighted by Crippen LogP contribution is 2.17. The van der Waals surface area contributed by atoms with Crippen LogP contribution in [-0.2, 0) is 11.3 Å². The molecule has 0 saturated carbocycles. The van der Waals surface area contributed by atoms with Crippen LogP contribution < -0.4 is 11.1 Å². The van der Waals surface area contributed by atoms with E-state index in [1.807, 2.05) is 18.2 Å². The fraction of sp³-hybridized carbons (Fsp3) is 0.375. The van der Waals surface area contributed by atoms with E-state index in [2.05, 4.69) is 5.32 Å². The lowest BCUT2D eigenvalue weighted by molar-refractivity contribution is -0.121. The largest absolute Gasteiger partial charge is 0.419 e. The molecule has 0 radical (unpaired) electrons.